The highest BCUT2D eigenvalue weighted by Crippen LogP contribution is 2.30. The zero-order valence-corrected chi connectivity index (χ0v) is 12.0. The average molecular weight is 300 g/mol. The van der Waals surface area contributed by atoms with Gasteiger partial charge in [0.2, 0.25) is 0 Å². The highest BCUT2D eigenvalue weighted by atomic mass is 32.1. The Morgan fingerprint density at radius 2 is 2.10 bits per heavy atom. The Hall–Kier alpha value is -1.40. The number of hydrogen-bond donors (Lipinski definition) is 1. The Labute approximate surface area is 119 Å². The molecule has 2 rings (SSSR count). The molecule has 0 aliphatic carbocycles. The summed E-state index contributed by atoms with van der Waals surface area (Å²) in [7, 11) is 0. The fourth-order valence-electron chi connectivity index (χ4n) is 1.83. The van der Waals surface area contributed by atoms with E-state index in [1.807, 2.05) is 13.8 Å². The van der Waals surface area contributed by atoms with E-state index in [0.717, 1.165) is 16.0 Å². The van der Waals surface area contributed by atoms with Gasteiger partial charge < -0.3 is 5.32 Å². The zero-order valence-electron chi connectivity index (χ0n) is 11.2. The minimum atomic E-state index is -4.30. The molecule has 6 heteroatoms. The van der Waals surface area contributed by atoms with Crippen LogP contribution in [0.4, 0.5) is 13.2 Å². The number of aryl methyl sites for hydroxylation is 1. The van der Waals surface area contributed by atoms with Crippen molar-refractivity contribution in [3.63, 3.8) is 0 Å². The number of alkyl halides is 3. The summed E-state index contributed by atoms with van der Waals surface area (Å²) < 4.78 is 38.0. The van der Waals surface area contributed by atoms with Crippen LogP contribution in [0.2, 0.25) is 0 Å². The van der Waals surface area contributed by atoms with Crippen LogP contribution in [0.15, 0.2) is 30.5 Å². The lowest BCUT2D eigenvalue weighted by molar-refractivity contribution is -0.137. The van der Waals surface area contributed by atoms with Crippen LogP contribution in [0, 0.1) is 6.92 Å². The highest BCUT2D eigenvalue weighted by molar-refractivity contribution is 7.11. The molecule has 1 unspecified atom stereocenters. The fraction of sp³-hybridized carbons (Fsp3) is 0.357. The van der Waals surface area contributed by atoms with Gasteiger partial charge in [0, 0.05) is 23.7 Å². The highest BCUT2D eigenvalue weighted by Gasteiger charge is 2.30. The van der Waals surface area contributed by atoms with Gasteiger partial charge in [0.25, 0.3) is 0 Å². The standard InChI is InChI=1S/C14H15F3N2S/c1-9-7-19-13(20-9)8-18-10(2)11-4-3-5-12(6-11)14(15,16)17/h3-7,10,18H,8H2,1-2H3. The predicted octanol–water partition coefficient (Wildman–Crippen LogP) is 4.32. The summed E-state index contributed by atoms with van der Waals surface area (Å²) in [6.07, 6.45) is -2.52. The van der Waals surface area contributed by atoms with Crippen molar-refractivity contribution in [2.75, 3.05) is 0 Å². The van der Waals surface area contributed by atoms with Gasteiger partial charge in [-0.05, 0) is 31.5 Å². The Morgan fingerprint density at radius 1 is 1.35 bits per heavy atom. The van der Waals surface area contributed by atoms with Crippen molar-refractivity contribution in [3.8, 4) is 0 Å². The third kappa shape index (κ3) is 3.80. The first kappa shape index (κ1) is 15.0. The molecule has 0 saturated carbocycles. The fourth-order valence-corrected chi connectivity index (χ4v) is 2.56. The number of rotatable bonds is 4. The molecule has 0 spiro atoms. The molecule has 20 heavy (non-hydrogen) atoms. The first-order chi connectivity index (χ1) is 9.36. The van der Waals surface area contributed by atoms with Crippen molar-refractivity contribution in [1.82, 2.24) is 10.3 Å². The van der Waals surface area contributed by atoms with Crippen LogP contribution in [-0.2, 0) is 12.7 Å². The van der Waals surface area contributed by atoms with Crippen molar-refractivity contribution in [1.29, 1.82) is 0 Å². The number of hydrogen-bond acceptors (Lipinski definition) is 3. The molecule has 1 N–H and O–H groups in total. The molecule has 0 saturated heterocycles. The SMILES string of the molecule is Cc1cnc(CNC(C)c2cccc(C(F)(F)F)c2)s1. The largest absolute Gasteiger partial charge is 0.416 e. The van der Waals surface area contributed by atoms with Gasteiger partial charge in [-0.2, -0.15) is 13.2 Å². The van der Waals surface area contributed by atoms with Gasteiger partial charge in [-0.1, -0.05) is 12.1 Å². The second-order valence-corrected chi connectivity index (χ2v) is 5.91. The topological polar surface area (TPSA) is 24.9 Å². The van der Waals surface area contributed by atoms with Crippen molar-refractivity contribution >= 4 is 11.3 Å². The first-order valence-corrected chi connectivity index (χ1v) is 7.00. The Morgan fingerprint density at radius 3 is 2.70 bits per heavy atom. The maximum absolute atomic E-state index is 12.7. The molecule has 1 heterocycles. The number of aromatic nitrogens is 1. The molecule has 0 aliphatic heterocycles. The second-order valence-electron chi connectivity index (χ2n) is 4.59. The Balaban J connectivity index is 2.03. The van der Waals surface area contributed by atoms with Gasteiger partial charge in [-0.25, -0.2) is 4.98 Å². The predicted molar refractivity (Wildman–Crippen MR) is 73.5 cm³/mol. The van der Waals surface area contributed by atoms with Crippen molar-refractivity contribution < 1.29 is 13.2 Å². The summed E-state index contributed by atoms with van der Waals surface area (Å²) in [5, 5.41) is 4.12. The van der Waals surface area contributed by atoms with Crippen molar-refractivity contribution in [2.45, 2.75) is 32.6 Å². The molecular formula is C14H15F3N2S. The maximum atomic E-state index is 12.7. The van der Waals surface area contributed by atoms with Crippen molar-refractivity contribution in [3.05, 3.63) is 51.5 Å². The number of nitrogens with zero attached hydrogens (tertiary/aromatic N) is 1. The number of halogens is 3. The van der Waals surface area contributed by atoms with Crippen LogP contribution < -0.4 is 5.32 Å². The van der Waals surface area contributed by atoms with Gasteiger partial charge in [0.15, 0.2) is 0 Å². The first-order valence-electron chi connectivity index (χ1n) is 6.18. The van der Waals surface area contributed by atoms with E-state index >= 15 is 0 Å². The van der Waals surface area contributed by atoms with Crippen LogP contribution in [0.1, 0.15) is 34.0 Å². The lowest BCUT2D eigenvalue weighted by atomic mass is 10.0. The summed E-state index contributed by atoms with van der Waals surface area (Å²) in [5.74, 6) is 0. The molecule has 0 bridgehead atoms. The molecule has 0 fully saturated rings. The third-order valence-corrected chi connectivity index (χ3v) is 3.86. The lowest BCUT2D eigenvalue weighted by Gasteiger charge is -2.15. The molecule has 2 aromatic rings. The quantitative estimate of drug-likeness (QED) is 0.909. The zero-order chi connectivity index (χ0) is 14.8. The molecule has 0 radical (unpaired) electrons. The minimum Gasteiger partial charge on any atom is -0.304 e. The van der Waals surface area contributed by atoms with Gasteiger partial charge in [0.05, 0.1) is 5.56 Å². The van der Waals surface area contributed by atoms with E-state index in [1.54, 1.807) is 23.6 Å². The van der Waals surface area contributed by atoms with Crippen LogP contribution >= 0.6 is 11.3 Å². The Kier molecular flexibility index (Phi) is 4.45. The summed E-state index contributed by atoms with van der Waals surface area (Å²) in [4.78, 5) is 5.33. The summed E-state index contributed by atoms with van der Waals surface area (Å²) >= 11 is 1.58. The van der Waals surface area contributed by atoms with Crippen LogP contribution in [0.3, 0.4) is 0 Å². The van der Waals surface area contributed by atoms with Gasteiger partial charge in [-0.3, -0.25) is 0 Å². The van der Waals surface area contributed by atoms with Crippen LogP contribution in [-0.4, -0.2) is 4.98 Å². The van der Waals surface area contributed by atoms with E-state index in [-0.39, 0.29) is 6.04 Å². The van der Waals surface area contributed by atoms with E-state index in [4.69, 9.17) is 0 Å². The molecule has 108 valence electrons. The Bertz CT molecular complexity index is 578. The summed E-state index contributed by atoms with van der Waals surface area (Å²) in [5.41, 5.74) is 0.00171. The van der Waals surface area contributed by atoms with Gasteiger partial charge in [-0.15, -0.1) is 11.3 Å². The molecule has 1 atom stereocenters. The van der Waals surface area contributed by atoms with E-state index in [2.05, 4.69) is 10.3 Å². The van der Waals surface area contributed by atoms with Gasteiger partial charge >= 0.3 is 6.18 Å². The normalized spacial score (nSPS) is 13.4. The van der Waals surface area contributed by atoms with Crippen LogP contribution in [0.25, 0.3) is 0 Å². The second kappa shape index (κ2) is 5.93. The number of thiazole rings is 1. The number of nitrogens with one attached hydrogen (secondary N) is 1. The average Bonchev–Trinajstić information content (AvgIpc) is 2.81. The van der Waals surface area contributed by atoms with Gasteiger partial charge in [0.1, 0.15) is 5.01 Å². The summed E-state index contributed by atoms with van der Waals surface area (Å²) in [6, 6.07) is 5.23. The van der Waals surface area contributed by atoms with E-state index in [0.29, 0.717) is 12.1 Å². The smallest absolute Gasteiger partial charge is 0.304 e. The molecule has 1 aromatic carbocycles. The van der Waals surface area contributed by atoms with E-state index in [9.17, 15) is 13.2 Å². The van der Waals surface area contributed by atoms with Crippen molar-refractivity contribution in [2.24, 2.45) is 0 Å². The monoisotopic (exact) mass is 300 g/mol. The molecular weight excluding hydrogens is 285 g/mol. The number of benzene rings is 1. The molecule has 2 nitrogen and oxygen atoms in total. The third-order valence-electron chi connectivity index (χ3n) is 2.94. The van der Waals surface area contributed by atoms with E-state index < -0.39 is 11.7 Å². The molecule has 0 aliphatic rings. The molecule has 0 amide bonds. The summed E-state index contributed by atoms with van der Waals surface area (Å²) in [6.45, 7) is 4.36. The lowest BCUT2D eigenvalue weighted by Crippen LogP contribution is -2.18. The maximum Gasteiger partial charge on any atom is 0.416 e. The van der Waals surface area contributed by atoms with Crippen LogP contribution in [0.5, 0.6) is 0 Å². The van der Waals surface area contributed by atoms with E-state index in [1.165, 1.54) is 12.1 Å². The minimum absolute atomic E-state index is 0.165. The molecule has 1 aromatic heterocycles.